The molecule has 1 N–H and O–H groups in total. The number of likely N-dealkylation sites (tertiary alicyclic amines) is 2. The third-order valence-corrected chi connectivity index (χ3v) is 5.72. The van der Waals surface area contributed by atoms with Crippen LogP contribution in [0.25, 0.3) is 0 Å². The lowest BCUT2D eigenvalue weighted by Crippen LogP contribution is -2.56. The van der Waals surface area contributed by atoms with Crippen molar-refractivity contribution in [3.63, 3.8) is 0 Å². The fourth-order valence-corrected chi connectivity index (χ4v) is 4.01. The average Bonchev–Trinajstić information content (AvgIpc) is 2.87. The Bertz CT molecular complexity index is 723. The van der Waals surface area contributed by atoms with Crippen molar-refractivity contribution in [1.29, 1.82) is 0 Å². The van der Waals surface area contributed by atoms with Gasteiger partial charge in [-0.05, 0) is 12.8 Å². The molecule has 2 aliphatic rings. The van der Waals surface area contributed by atoms with E-state index < -0.39 is 17.4 Å². The Balaban J connectivity index is 1.72. The molecule has 26 heavy (non-hydrogen) atoms. The smallest absolute Gasteiger partial charge is 0.309 e. The molecule has 2 saturated heterocycles. The van der Waals surface area contributed by atoms with Gasteiger partial charge in [-0.15, -0.1) is 0 Å². The maximum Gasteiger partial charge on any atom is 0.309 e. The number of hydrogen-bond donors (Lipinski definition) is 1. The van der Waals surface area contributed by atoms with E-state index in [1.165, 1.54) is 0 Å². The molecular weight excluding hydrogens is 336 g/mol. The van der Waals surface area contributed by atoms with Crippen LogP contribution in [0, 0.1) is 5.92 Å². The van der Waals surface area contributed by atoms with Crippen molar-refractivity contribution in [3.05, 3.63) is 23.8 Å². The number of carboxylic acids is 1. The van der Waals surface area contributed by atoms with Gasteiger partial charge in [0.1, 0.15) is 5.82 Å². The Morgan fingerprint density at radius 3 is 2.31 bits per heavy atom. The van der Waals surface area contributed by atoms with Gasteiger partial charge in [0.05, 0.1) is 17.0 Å². The highest BCUT2D eigenvalue weighted by Gasteiger charge is 2.55. The predicted molar refractivity (Wildman–Crippen MR) is 92.5 cm³/mol. The maximum atomic E-state index is 12.7. The van der Waals surface area contributed by atoms with Gasteiger partial charge in [-0.1, -0.05) is 13.8 Å². The van der Waals surface area contributed by atoms with Crippen LogP contribution in [-0.2, 0) is 9.59 Å². The topological polar surface area (TPSA) is 104 Å². The third-order valence-electron chi connectivity index (χ3n) is 5.72. The zero-order valence-electron chi connectivity index (χ0n) is 15.3. The van der Waals surface area contributed by atoms with E-state index in [1.807, 2.05) is 13.8 Å². The Hall–Kier alpha value is -2.51. The number of amides is 2. The molecule has 1 unspecified atom stereocenters. The summed E-state index contributed by atoms with van der Waals surface area (Å²) in [5.41, 5.74) is -0.270. The number of carbonyl (C=O) groups excluding carboxylic acids is 2. The summed E-state index contributed by atoms with van der Waals surface area (Å²) >= 11 is 0. The molecule has 0 aliphatic carbocycles. The predicted octanol–water partition coefficient (Wildman–Crippen LogP) is 1.14. The molecular formula is C18H24N4O4. The summed E-state index contributed by atoms with van der Waals surface area (Å²) in [5, 5.41) is 9.51. The number of carboxylic acid groups (broad SMARTS) is 1. The minimum Gasteiger partial charge on any atom is -0.481 e. The van der Waals surface area contributed by atoms with Crippen LogP contribution >= 0.6 is 0 Å². The van der Waals surface area contributed by atoms with Gasteiger partial charge in [-0.2, -0.15) is 0 Å². The molecule has 3 rings (SSSR count). The molecule has 140 valence electrons. The summed E-state index contributed by atoms with van der Waals surface area (Å²) < 4.78 is 0. The molecule has 0 saturated carbocycles. The monoisotopic (exact) mass is 360 g/mol. The van der Waals surface area contributed by atoms with Gasteiger partial charge in [0.2, 0.25) is 5.91 Å². The minimum absolute atomic E-state index is 0.0320. The van der Waals surface area contributed by atoms with Crippen molar-refractivity contribution in [1.82, 2.24) is 19.8 Å². The van der Waals surface area contributed by atoms with Gasteiger partial charge in [0.25, 0.3) is 5.91 Å². The first-order valence-electron chi connectivity index (χ1n) is 8.87. The average molecular weight is 360 g/mol. The minimum atomic E-state index is -0.944. The standard InChI is InChI=1S/C18H24N4O4/c1-11(2)15-19-9-12(10-20-15)16(24)22-6-4-18(5-7-22)13(17(25)26)8-14(23)21(18)3/h9-11,13H,4-8H2,1-3H3,(H,25,26). The molecule has 8 heteroatoms. The van der Waals surface area contributed by atoms with Gasteiger partial charge < -0.3 is 14.9 Å². The summed E-state index contributed by atoms with van der Waals surface area (Å²) in [6, 6.07) is 0. The van der Waals surface area contributed by atoms with Crippen LogP contribution < -0.4 is 0 Å². The van der Waals surface area contributed by atoms with Crippen LogP contribution in [0.4, 0.5) is 0 Å². The molecule has 3 heterocycles. The third kappa shape index (κ3) is 2.93. The number of aliphatic carboxylic acids is 1. The lowest BCUT2D eigenvalue weighted by Gasteiger charge is -2.45. The van der Waals surface area contributed by atoms with Gasteiger partial charge in [-0.25, -0.2) is 9.97 Å². The molecule has 1 spiro atoms. The Morgan fingerprint density at radius 1 is 1.23 bits per heavy atom. The summed E-state index contributed by atoms with van der Waals surface area (Å²) in [6.07, 6.45) is 4.04. The first kappa shape index (κ1) is 18.3. The molecule has 2 fully saturated rings. The first-order valence-corrected chi connectivity index (χ1v) is 8.87. The van der Waals surface area contributed by atoms with Crippen LogP contribution in [0.15, 0.2) is 12.4 Å². The largest absolute Gasteiger partial charge is 0.481 e. The highest BCUT2D eigenvalue weighted by atomic mass is 16.4. The number of carbonyl (C=O) groups is 3. The Labute approximate surface area is 152 Å². The van der Waals surface area contributed by atoms with Crippen LogP contribution in [-0.4, -0.2) is 68.3 Å². The molecule has 1 aromatic heterocycles. The van der Waals surface area contributed by atoms with E-state index in [1.54, 1.807) is 29.2 Å². The first-order chi connectivity index (χ1) is 12.3. The number of piperidine rings is 1. The van der Waals surface area contributed by atoms with Crippen molar-refractivity contribution in [2.75, 3.05) is 20.1 Å². The SMILES string of the molecule is CC(C)c1ncc(C(=O)N2CCC3(CC2)C(C(=O)O)CC(=O)N3C)cn1. The molecule has 0 radical (unpaired) electrons. The molecule has 1 atom stereocenters. The number of nitrogens with zero attached hydrogens (tertiary/aromatic N) is 4. The molecule has 2 aliphatic heterocycles. The lowest BCUT2D eigenvalue weighted by molar-refractivity contribution is -0.145. The summed E-state index contributed by atoms with van der Waals surface area (Å²) in [7, 11) is 1.67. The molecule has 0 bridgehead atoms. The summed E-state index contributed by atoms with van der Waals surface area (Å²) in [5.74, 6) is -1.08. The Kier molecular flexibility index (Phi) is 4.68. The van der Waals surface area contributed by atoms with Gasteiger partial charge in [0, 0.05) is 44.9 Å². The van der Waals surface area contributed by atoms with E-state index in [4.69, 9.17) is 0 Å². The van der Waals surface area contributed by atoms with Gasteiger partial charge in [0.15, 0.2) is 0 Å². The molecule has 1 aromatic rings. The van der Waals surface area contributed by atoms with Crippen molar-refractivity contribution in [3.8, 4) is 0 Å². The summed E-state index contributed by atoms with van der Waals surface area (Å²) in [6.45, 7) is 4.79. The van der Waals surface area contributed by atoms with Crippen LogP contribution in [0.1, 0.15) is 55.2 Å². The molecule has 8 nitrogen and oxygen atoms in total. The lowest BCUT2D eigenvalue weighted by atomic mass is 9.77. The number of rotatable bonds is 3. The van der Waals surface area contributed by atoms with Gasteiger partial charge in [-0.3, -0.25) is 14.4 Å². The van der Waals surface area contributed by atoms with Crippen molar-refractivity contribution in [2.45, 2.75) is 44.6 Å². The Morgan fingerprint density at radius 2 is 1.81 bits per heavy atom. The van der Waals surface area contributed by atoms with Crippen molar-refractivity contribution >= 4 is 17.8 Å². The highest BCUT2D eigenvalue weighted by Crippen LogP contribution is 2.42. The maximum absolute atomic E-state index is 12.7. The summed E-state index contributed by atoms with van der Waals surface area (Å²) in [4.78, 5) is 48.1. The van der Waals surface area contributed by atoms with E-state index in [0.29, 0.717) is 37.3 Å². The fourth-order valence-electron chi connectivity index (χ4n) is 4.01. The highest BCUT2D eigenvalue weighted by molar-refractivity contribution is 5.94. The fraction of sp³-hybridized carbons (Fsp3) is 0.611. The zero-order chi connectivity index (χ0) is 19.1. The molecule has 2 amide bonds. The van der Waals surface area contributed by atoms with E-state index >= 15 is 0 Å². The van der Waals surface area contributed by atoms with Crippen LogP contribution in [0.5, 0.6) is 0 Å². The zero-order valence-corrected chi connectivity index (χ0v) is 15.3. The molecule has 0 aromatic carbocycles. The second-order valence-electron chi connectivity index (χ2n) is 7.43. The van der Waals surface area contributed by atoms with Crippen LogP contribution in [0.2, 0.25) is 0 Å². The van der Waals surface area contributed by atoms with E-state index in [9.17, 15) is 19.5 Å². The normalized spacial score (nSPS) is 22.3. The van der Waals surface area contributed by atoms with Crippen molar-refractivity contribution in [2.24, 2.45) is 5.92 Å². The second kappa shape index (κ2) is 6.66. The van der Waals surface area contributed by atoms with E-state index in [-0.39, 0.29) is 24.2 Å². The second-order valence-corrected chi connectivity index (χ2v) is 7.43. The van der Waals surface area contributed by atoms with Crippen molar-refractivity contribution < 1.29 is 19.5 Å². The quantitative estimate of drug-likeness (QED) is 0.867. The number of hydrogen-bond acceptors (Lipinski definition) is 5. The van der Waals surface area contributed by atoms with Gasteiger partial charge >= 0.3 is 5.97 Å². The van der Waals surface area contributed by atoms with E-state index in [2.05, 4.69) is 9.97 Å². The number of aromatic nitrogens is 2. The van der Waals surface area contributed by atoms with E-state index in [0.717, 1.165) is 0 Å². The van der Waals surface area contributed by atoms with Crippen LogP contribution in [0.3, 0.4) is 0 Å².